The number of hydrogen-bond donors (Lipinski definition) is 1. The van der Waals surface area contributed by atoms with E-state index in [0.29, 0.717) is 12.6 Å². The smallest absolute Gasteiger partial charge is 0.317 e. The van der Waals surface area contributed by atoms with Crippen molar-refractivity contribution in [2.75, 3.05) is 7.05 Å². The van der Waals surface area contributed by atoms with Crippen molar-refractivity contribution >= 4 is 6.03 Å². The average molecular weight is 222 g/mol. The Morgan fingerprint density at radius 2 is 2.31 bits per heavy atom. The molecule has 4 heteroatoms. The second-order valence-electron chi connectivity index (χ2n) is 4.42. The first kappa shape index (κ1) is 11.0. The monoisotopic (exact) mass is 222 g/mol. The molecule has 1 N–H and O–H groups in total. The zero-order valence-corrected chi connectivity index (χ0v) is 9.61. The van der Waals surface area contributed by atoms with Gasteiger partial charge in [-0.2, -0.15) is 0 Å². The molecule has 0 aromatic carbocycles. The Kier molecular flexibility index (Phi) is 3.49. The number of amides is 2. The maximum atomic E-state index is 11.8. The molecule has 2 amide bonds. The van der Waals surface area contributed by atoms with Gasteiger partial charge in [-0.1, -0.05) is 12.8 Å². The summed E-state index contributed by atoms with van der Waals surface area (Å²) >= 11 is 0. The molecule has 0 spiro atoms. The van der Waals surface area contributed by atoms with Gasteiger partial charge in [0.1, 0.15) is 0 Å². The van der Waals surface area contributed by atoms with Crippen molar-refractivity contribution in [1.29, 1.82) is 0 Å². The van der Waals surface area contributed by atoms with Crippen molar-refractivity contribution in [2.45, 2.75) is 38.3 Å². The molecule has 1 fully saturated rings. The van der Waals surface area contributed by atoms with Crippen LogP contribution < -0.4 is 5.32 Å². The van der Waals surface area contributed by atoms with Crippen molar-refractivity contribution in [3.05, 3.63) is 24.2 Å². The van der Waals surface area contributed by atoms with Gasteiger partial charge in [-0.25, -0.2) is 4.79 Å². The number of nitrogens with one attached hydrogen (secondary N) is 1. The zero-order valence-electron chi connectivity index (χ0n) is 9.61. The number of carbonyl (C=O) groups excluding carboxylic acids is 1. The summed E-state index contributed by atoms with van der Waals surface area (Å²) < 4.78 is 4.97. The van der Waals surface area contributed by atoms with E-state index >= 15 is 0 Å². The molecule has 4 nitrogen and oxygen atoms in total. The highest BCUT2D eigenvalue weighted by Gasteiger charge is 2.19. The molecular formula is C12H18N2O2. The zero-order chi connectivity index (χ0) is 11.4. The fourth-order valence-electron chi connectivity index (χ4n) is 2.08. The molecule has 0 saturated heterocycles. The molecule has 1 aromatic heterocycles. The van der Waals surface area contributed by atoms with Crippen LogP contribution in [0.1, 0.15) is 31.2 Å². The Bertz CT molecular complexity index is 329. The summed E-state index contributed by atoms with van der Waals surface area (Å²) in [5, 5.41) is 3.05. The quantitative estimate of drug-likeness (QED) is 0.853. The number of urea groups is 1. The van der Waals surface area contributed by atoms with Crippen LogP contribution in [0.5, 0.6) is 0 Å². The largest absolute Gasteiger partial charge is 0.472 e. The van der Waals surface area contributed by atoms with Crippen LogP contribution in [-0.4, -0.2) is 24.0 Å². The van der Waals surface area contributed by atoms with E-state index in [0.717, 1.165) is 18.4 Å². The maximum absolute atomic E-state index is 11.8. The van der Waals surface area contributed by atoms with Crippen molar-refractivity contribution in [2.24, 2.45) is 0 Å². The molecule has 1 aromatic rings. The second-order valence-corrected chi connectivity index (χ2v) is 4.42. The van der Waals surface area contributed by atoms with Crippen molar-refractivity contribution in [3.8, 4) is 0 Å². The Hall–Kier alpha value is -1.45. The summed E-state index contributed by atoms with van der Waals surface area (Å²) in [6.45, 7) is 0.592. The van der Waals surface area contributed by atoms with E-state index < -0.39 is 0 Å². The first-order chi connectivity index (χ1) is 7.75. The van der Waals surface area contributed by atoms with Crippen LogP contribution >= 0.6 is 0 Å². The van der Waals surface area contributed by atoms with Crippen molar-refractivity contribution in [1.82, 2.24) is 10.2 Å². The normalized spacial score (nSPS) is 16.3. The third-order valence-corrected chi connectivity index (χ3v) is 3.03. The Morgan fingerprint density at radius 3 is 2.94 bits per heavy atom. The third kappa shape index (κ3) is 2.78. The van der Waals surface area contributed by atoms with Crippen LogP contribution in [0.2, 0.25) is 0 Å². The van der Waals surface area contributed by atoms with Crippen LogP contribution in [0.15, 0.2) is 23.0 Å². The Labute approximate surface area is 95.6 Å². The number of carbonyl (C=O) groups is 1. The Balaban J connectivity index is 1.79. The first-order valence-corrected chi connectivity index (χ1v) is 5.78. The van der Waals surface area contributed by atoms with Gasteiger partial charge in [0.25, 0.3) is 0 Å². The molecule has 1 aliphatic carbocycles. The molecule has 0 bridgehead atoms. The highest BCUT2D eigenvalue weighted by molar-refractivity contribution is 5.74. The summed E-state index contributed by atoms with van der Waals surface area (Å²) in [7, 11) is 1.80. The van der Waals surface area contributed by atoms with Gasteiger partial charge in [-0.3, -0.25) is 0 Å². The summed E-state index contributed by atoms with van der Waals surface area (Å²) in [6.07, 6.45) is 7.99. The third-order valence-electron chi connectivity index (χ3n) is 3.03. The van der Waals surface area contributed by atoms with Gasteiger partial charge in [-0.05, 0) is 18.9 Å². The predicted molar refractivity (Wildman–Crippen MR) is 61.0 cm³/mol. The van der Waals surface area contributed by atoms with E-state index in [1.165, 1.54) is 12.8 Å². The highest BCUT2D eigenvalue weighted by atomic mass is 16.3. The van der Waals surface area contributed by atoms with Crippen LogP contribution in [-0.2, 0) is 6.54 Å². The molecule has 0 unspecified atom stereocenters. The van der Waals surface area contributed by atoms with Crippen LogP contribution in [0.4, 0.5) is 4.79 Å². The number of hydrogen-bond acceptors (Lipinski definition) is 2. The Morgan fingerprint density at radius 1 is 1.56 bits per heavy atom. The SMILES string of the molecule is CN(Cc1ccoc1)C(=O)NC1CCCC1. The van der Waals surface area contributed by atoms with E-state index in [-0.39, 0.29) is 6.03 Å². The molecule has 2 rings (SSSR count). The lowest BCUT2D eigenvalue weighted by Gasteiger charge is -2.20. The van der Waals surface area contributed by atoms with Gasteiger partial charge in [0.15, 0.2) is 0 Å². The summed E-state index contributed by atoms with van der Waals surface area (Å²) in [4.78, 5) is 13.5. The summed E-state index contributed by atoms with van der Waals surface area (Å²) in [5.74, 6) is 0. The number of rotatable bonds is 3. The van der Waals surface area contributed by atoms with Gasteiger partial charge in [0.2, 0.25) is 0 Å². The van der Waals surface area contributed by atoms with Crippen molar-refractivity contribution in [3.63, 3.8) is 0 Å². The van der Waals surface area contributed by atoms with E-state index in [1.807, 2.05) is 6.07 Å². The van der Waals surface area contributed by atoms with E-state index in [4.69, 9.17) is 4.42 Å². The lowest BCUT2D eigenvalue weighted by atomic mass is 10.2. The molecule has 0 atom stereocenters. The predicted octanol–water partition coefficient (Wildman–Crippen LogP) is 2.36. The van der Waals surface area contributed by atoms with E-state index in [2.05, 4.69) is 5.32 Å². The maximum Gasteiger partial charge on any atom is 0.317 e. The summed E-state index contributed by atoms with van der Waals surface area (Å²) in [6, 6.07) is 2.26. The molecule has 0 radical (unpaired) electrons. The molecule has 16 heavy (non-hydrogen) atoms. The minimum absolute atomic E-state index is 0.00750. The highest BCUT2D eigenvalue weighted by Crippen LogP contribution is 2.17. The van der Waals surface area contributed by atoms with Gasteiger partial charge in [0, 0.05) is 18.7 Å². The topological polar surface area (TPSA) is 45.5 Å². The molecule has 88 valence electrons. The van der Waals surface area contributed by atoms with Gasteiger partial charge in [-0.15, -0.1) is 0 Å². The number of nitrogens with zero attached hydrogens (tertiary/aromatic N) is 1. The summed E-state index contributed by atoms with van der Waals surface area (Å²) in [5.41, 5.74) is 1.02. The molecular weight excluding hydrogens is 204 g/mol. The minimum atomic E-state index is 0.00750. The number of furan rings is 1. The fourth-order valence-corrected chi connectivity index (χ4v) is 2.08. The van der Waals surface area contributed by atoms with Gasteiger partial charge < -0.3 is 14.6 Å². The molecule has 1 aliphatic rings. The van der Waals surface area contributed by atoms with Gasteiger partial charge >= 0.3 is 6.03 Å². The lowest BCUT2D eigenvalue weighted by molar-refractivity contribution is 0.202. The molecule has 0 aliphatic heterocycles. The first-order valence-electron chi connectivity index (χ1n) is 5.78. The second kappa shape index (κ2) is 5.05. The molecule has 1 heterocycles. The van der Waals surface area contributed by atoms with Crippen LogP contribution in [0.3, 0.4) is 0 Å². The van der Waals surface area contributed by atoms with Gasteiger partial charge in [0.05, 0.1) is 19.1 Å². The van der Waals surface area contributed by atoms with Crippen molar-refractivity contribution < 1.29 is 9.21 Å². The minimum Gasteiger partial charge on any atom is -0.472 e. The molecule has 1 saturated carbocycles. The fraction of sp³-hybridized carbons (Fsp3) is 0.583. The standard InChI is InChI=1S/C12H18N2O2/c1-14(8-10-6-7-16-9-10)12(15)13-11-4-2-3-5-11/h6-7,9,11H,2-5,8H2,1H3,(H,13,15). The van der Waals surface area contributed by atoms with E-state index in [9.17, 15) is 4.79 Å². The van der Waals surface area contributed by atoms with Crippen LogP contribution in [0.25, 0.3) is 0 Å². The van der Waals surface area contributed by atoms with Crippen LogP contribution in [0, 0.1) is 0 Å². The lowest BCUT2D eigenvalue weighted by Crippen LogP contribution is -2.41. The van der Waals surface area contributed by atoms with E-state index in [1.54, 1.807) is 24.5 Å². The average Bonchev–Trinajstić information content (AvgIpc) is 2.90.